The van der Waals surface area contributed by atoms with Gasteiger partial charge in [0.1, 0.15) is 11.3 Å². The van der Waals surface area contributed by atoms with E-state index in [4.69, 9.17) is 0 Å². The first kappa shape index (κ1) is 22.3. The quantitative estimate of drug-likeness (QED) is 0.186. The Kier molecular flexibility index (Phi) is 4.94. The lowest BCUT2D eigenvalue weighted by molar-refractivity contribution is -0.662. The topological polar surface area (TPSA) is 16.8 Å². The van der Waals surface area contributed by atoms with Crippen molar-refractivity contribution >= 4 is 32.4 Å². The first-order chi connectivity index (χ1) is 16.0. The lowest BCUT2D eigenvalue weighted by atomic mass is 9.80. The lowest BCUT2D eigenvalue weighted by Crippen LogP contribution is -2.32. The van der Waals surface area contributed by atoms with Gasteiger partial charge in [0.2, 0.25) is 0 Å². The summed E-state index contributed by atoms with van der Waals surface area (Å²) in [5, 5.41) is 3.48. The van der Waals surface area contributed by atoms with Gasteiger partial charge in [-0.1, -0.05) is 69.3 Å². The first-order valence-electron chi connectivity index (χ1n) is 11.3. The zero-order chi connectivity index (χ0) is 24.4. The van der Waals surface area contributed by atoms with Crippen LogP contribution >= 0.6 is 0 Å². The molecule has 172 valence electrons. The minimum Gasteiger partial charge on any atom is -0.232 e. The molecule has 0 aliphatic heterocycles. The van der Waals surface area contributed by atoms with Gasteiger partial charge in [-0.2, -0.15) is 13.2 Å². The molecule has 1 aromatic heterocycles. The maximum atomic E-state index is 14.3. The molecule has 0 spiro atoms. The molecule has 0 fully saturated rings. The van der Waals surface area contributed by atoms with Crippen LogP contribution < -0.4 is 4.57 Å². The van der Waals surface area contributed by atoms with Crippen molar-refractivity contribution in [3.63, 3.8) is 0 Å². The fraction of sp³-hybridized carbons (Fsp3) is 0.241. The predicted octanol–water partition coefficient (Wildman–Crippen LogP) is 7.66. The maximum Gasteiger partial charge on any atom is 0.421 e. The van der Waals surface area contributed by atoms with Gasteiger partial charge < -0.3 is 0 Å². The summed E-state index contributed by atoms with van der Waals surface area (Å²) in [5.41, 5.74) is 2.99. The summed E-state index contributed by atoms with van der Waals surface area (Å²) in [4.78, 5) is 4.29. The molecule has 0 aliphatic rings. The van der Waals surface area contributed by atoms with Gasteiger partial charge in [0, 0.05) is 5.56 Å². The van der Waals surface area contributed by atoms with Gasteiger partial charge in [-0.05, 0) is 62.1 Å². The zero-order valence-electron chi connectivity index (χ0n) is 19.9. The van der Waals surface area contributed by atoms with Crippen molar-refractivity contribution in [1.29, 1.82) is 0 Å². The van der Waals surface area contributed by atoms with Gasteiger partial charge in [0.25, 0.3) is 6.33 Å². The SMILES string of the molecule is Cc1c(-c2c3cc4ccccc4c(C(F)(F)F)c3nc[n+]2C)cc(C(C)(C)C)c2ccccc12. The molecule has 0 unspecified atom stereocenters. The van der Waals surface area contributed by atoms with E-state index in [0.29, 0.717) is 10.8 Å². The Hall–Kier alpha value is -3.47. The number of benzene rings is 4. The van der Waals surface area contributed by atoms with Gasteiger partial charge in [-0.25, -0.2) is 4.57 Å². The van der Waals surface area contributed by atoms with Crippen LogP contribution in [-0.4, -0.2) is 4.98 Å². The van der Waals surface area contributed by atoms with E-state index in [-0.39, 0.29) is 16.3 Å². The molecule has 34 heavy (non-hydrogen) atoms. The van der Waals surface area contributed by atoms with E-state index in [0.717, 1.165) is 27.8 Å². The Morgan fingerprint density at radius 3 is 2.06 bits per heavy atom. The van der Waals surface area contributed by atoms with Gasteiger partial charge in [-0.15, -0.1) is 0 Å². The van der Waals surface area contributed by atoms with Crippen molar-refractivity contribution in [3.05, 3.63) is 83.7 Å². The highest BCUT2D eigenvalue weighted by Gasteiger charge is 2.38. The number of aromatic nitrogens is 2. The Balaban J connectivity index is 1.99. The van der Waals surface area contributed by atoms with Crippen molar-refractivity contribution in [2.45, 2.75) is 39.3 Å². The molecule has 2 nitrogen and oxygen atoms in total. The second kappa shape index (κ2) is 7.52. The molecule has 1 heterocycles. The first-order valence-corrected chi connectivity index (χ1v) is 11.3. The largest absolute Gasteiger partial charge is 0.421 e. The molecule has 0 saturated carbocycles. The maximum absolute atomic E-state index is 14.3. The van der Waals surface area contributed by atoms with Crippen molar-refractivity contribution in [2.24, 2.45) is 7.05 Å². The minimum absolute atomic E-state index is 0.0239. The summed E-state index contributed by atoms with van der Waals surface area (Å²) in [7, 11) is 1.84. The highest BCUT2D eigenvalue weighted by atomic mass is 19.4. The normalized spacial score (nSPS) is 12.7. The fourth-order valence-electron chi connectivity index (χ4n) is 5.05. The van der Waals surface area contributed by atoms with Crippen molar-refractivity contribution in [1.82, 2.24) is 4.98 Å². The third-order valence-corrected chi connectivity index (χ3v) is 6.65. The van der Waals surface area contributed by atoms with Gasteiger partial charge in [0.05, 0.1) is 12.4 Å². The van der Waals surface area contributed by atoms with Crippen LogP contribution in [0.3, 0.4) is 0 Å². The van der Waals surface area contributed by atoms with Crippen LogP contribution in [0, 0.1) is 6.92 Å². The molecule has 5 aromatic rings. The molecule has 0 atom stereocenters. The molecule has 0 aliphatic carbocycles. The summed E-state index contributed by atoms with van der Waals surface area (Å²) < 4.78 is 44.9. The summed E-state index contributed by atoms with van der Waals surface area (Å²) in [6.07, 6.45) is -3.04. The van der Waals surface area contributed by atoms with Crippen molar-refractivity contribution in [3.8, 4) is 11.3 Å². The van der Waals surface area contributed by atoms with Crippen LogP contribution in [0.1, 0.15) is 37.5 Å². The Bertz CT molecular complexity index is 1590. The smallest absolute Gasteiger partial charge is 0.232 e. The van der Waals surface area contributed by atoms with E-state index in [2.05, 4.69) is 44.0 Å². The number of hydrogen-bond acceptors (Lipinski definition) is 1. The van der Waals surface area contributed by atoms with Crippen LogP contribution in [0.15, 0.2) is 67.0 Å². The van der Waals surface area contributed by atoms with Gasteiger partial charge in [-0.3, -0.25) is 0 Å². The van der Waals surface area contributed by atoms with Crippen molar-refractivity contribution < 1.29 is 17.7 Å². The second-order valence-corrected chi connectivity index (χ2v) is 9.96. The molecule has 5 heteroatoms. The molecule has 5 rings (SSSR count). The average Bonchev–Trinajstić information content (AvgIpc) is 2.77. The summed E-state index contributed by atoms with van der Waals surface area (Å²) >= 11 is 0. The molecule has 0 N–H and O–H groups in total. The number of hydrogen-bond donors (Lipinski definition) is 0. The molecule has 0 radical (unpaired) electrons. The van der Waals surface area contributed by atoms with E-state index < -0.39 is 11.7 Å². The molecule has 4 aromatic carbocycles. The van der Waals surface area contributed by atoms with E-state index >= 15 is 0 Å². The average molecular weight is 460 g/mol. The van der Waals surface area contributed by atoms with E-state index in [9.17, 15) is 13.2 Å². The summed E-state index contributed by atoms with van der Waals surface area (Å²) in [6, 6.07) is 18.9. The minimum atomic E-state index is -4.53. The standard InChI is InChI=1S/C29H26F3N2/c1-17-19-11-8-9-13-21(19)24(28(2,3)4)15-22(17)27-23-14-18-10-6-7-12-20(18)25(29(30,31)32)26(23)33-16-34(27)5/h6-16H,1-5H3/q+1. The van der Waals surface area contributed by atoms with Crippen LogP contribution in [-0.2, 0) is 18.6 Å². The Labute approximate surface area is 196 Å². The van der Waals surface area contributed by atoms with E-state index in [1.165, 1.54) is 17.8 Å². The highest BCUT2D eigenvalue weighted by Crippen LogP contribution is 2.43. The van der Waals surface area contributed by atoms with Crippen molar-refractivity contribution in [2.75, 3.05) is 0 Å². The molecule has 0 bridgehead atoms. The van der Waals surface area contributed by atoms with Crippen LogP contribution in [0.4, 0.5) is 13.2 Å². The number of alkyl halides is 3. The predicted molar refractivity (Wildman–Crippen MR) is 132 cm³/mol. The monoisotopic (exact) mass is 459 g/mol. The van der Waals surface area contributed by atoms with Gasteiger partial charge in [0.15, 0.2) is 5.52 Å². The zero-order valence-corrected chi connectivity index (χ0v) is 19.9. The van der Waals surface area contributed by atoms with Crippen LogP contribution in [0.25, 0.3) is 43.7 Å². The third-order valence-electron chi connectivity index (χ3n) is 6.65. The van der Waals surface area contributed by atoms with E-state index in [1.807, 2.05) is 36.7 Å². The molecular weight excluding hydrogens is 433 g/mol. The Morgan fingerprint density at radius 1 is 0.794 bits per heavy atom. The van der Waals surface area contributed by atoms with E-state index in [1.54, 1.807) is 18.2 Å². The fourth-order valence-corrected chi connectivity index (χ4v) is 5.05. The van der Waals surface area contributed by atoms with Gasteiger partial charge >= 0.3 is 6.18 Å². The molecule has 0 amide bonds. The van der Waals surface area contributed by atoms with Crippen LogP contribution in [0.5, 0.6) is 0 Å². The molecule has 0 saturated heterocycles. The number of fused-ring (bicyclic) bond motifs is 3. The molecular formula is C29H26F3N2+. The second-order valence-electron chi connectivity index (χ2n) is 9.96. The Morgan fingerprint density at radius 2 is 1.41 bits per heavy atom. The van der Waals surface area contributed by atoms with Crippen LogP contribution in [0.2, 0.25) is 0 Å². The highest BCUT2D eigenvalue weighted by molar-refractivity contribution is 6.06. The third kappa shape index (κ3) is 3.42. The number of aryl methyl sites for hydroxylation is 2. The summed E-state index contributed by atoms with van der Waals surface area (Å²) in [6.45, 7) is 8.53. The summed E-state index contributed by atoms with van der Waals surface area (Å²) in [5.74, 6) is 0. The number of rotatable bonds is 1. The lowest BCUT2D eigenvalue weighted by Gasteiger charge is -2.24. The number of halogens is 3. The number of nitrogens with zero attached hydrogens (tertiary/aromatic N) is 2.